The van der Waals surface area contributed by atoms with Crippen LogP contribution in [0.4, 0.5) is 0 Å². The Morgan fingerprint density at radius 3 is 2.75 bits per heavy atom. The molecule has 0 bridgehead atoms. The number of carboxylic acid groups (broad SMARTS) is 1. The largest absolute Gasteiger partial charge is 0.478 e. The van der Waals surface area contributed by atoms with Gasteiger partial charge in [0, 0.05) is 24.2 Å². The van der Waals surface area contributed by atoms with E-state index in [0.717, 1.165) is 6.08 Å². The SMILES string of the molecule is COC(=O)C(c1ccccc1Cl)N1CCC(N=O)/C(=C/C(=O)O)C1. The lowest BCUT2D eigenvalue weighted by atomic mass is 9.95. The molecule has 8 heteroatoms. The first-order chi connectivity index (χ1) is 11.5. The van der Waals surface area contributed by atoms with Crippen molar-refractivity contribution in [3.05, 3.63) is 51.4 Å². The standard InChI is InChI=1S/C16H17ClN2O5/c1-24-16(22)15(11-4-2-3-5-12(11)17)19-7-6-13(18-23)10(9-19)8-14(20)21/h2-5,8,13,15H,6-7,9H2,1H3,(H,20,21)/b10-8+. The van der Waals surface area contributed by atoms with Gasteiger partial charge in [-0.25, -0.2) is 9.59 Å². The molecule has 24 heavy (non-hydrogen) atoms. The summed E-state index contributed by atoms with van der Waals surface area (Å²) in [4.78, 5) is 35.9. The second-order valence-electron chi connectivity index (χ2n) is 5.39. The zero-order valence-electron chi connectivity index (χ0n) is 13.0. The number of nitrogens with zero attached hydrogens (tertiary/aromatic N) is 2. The molecule has 1 heterocycles. The van der Waals surface area contributed by atoms with Gasteiger partial charge in [0.1, 0.15) is 12.1 Å². The van der Waals surface area contributed by atoms with Crippen LogP contribution in [0.2, 0.25) is 5.02 Å². The van der Waals surface area contributed by atoms with Gasteiger partial charge in [-0.05, 0) is 23.6 Å². The predicted octanol–water partition coefficient (Wildman–Crippen LogP) is 2.41. The number of ether oxygens (including phenoxy) is 1. The first kappa shape index (κ1) is 18.1. The van der Waals surface area contributed by atoms with Gasteiger partial charge in [-0.1, -0.05) is 35.0 Å². The lowest BCUT2D eigenvalue weighted by molar-refractivity contribution is -0.147. The molecule has 2 rings (SSSR count). The normalized spacial score (nSPS) is 21.2. The molecule has 7 nitrogen and oxygen atoms in total. The number of carbonyl (C=O) groups is 2. The Bertz CT molecular complexity index is 676. The van der Waals surface area contributed by atoms with E-state index in [0.29, 0.717) is 29.1 Å². The van der Waals surface area contributed by atoms with Crippen molar-refractivity contribution in [2.24, 2.45) is 5.18 Å². The number of benzene rings is 1. The molecule has 0 saturated carbocycles. The minimum absolute atomic E-state index is 0.119. The molecule has 0 radical (unpaired) electrons. The Morgan fingerprint density at radius 1 is 1.46 bits per heavy atom. The minimum Gasteiger partial charge on any atom is -0.478 e. The van der Waals surface area contributed by atoms with Gasteiger partial charge in [-0.3, -0.25) is 4.90 Å². The molecule has 2 atom stereocenters. The van der Waals surface area contributed by atoms with Crippen molar-refractivity contribution < 1.29 is 19.4 Å². The maximum atomic E-state index is 12.3. The van der Waals surface area contributed by atoms with Crippen LogP contribution < -0.4 is 0 Å². The molecule has 1 fully saturated rings. The molecule has 1 aromatic rings. The Morgan fingerprint density at radius 2 is 2.17 bits per heavy atom. The lowest BCUT2D eigenvalue weighted by Crippen LogP contribution is -2.43. The number of hydrogen-bond donors (Lipinski definition) is 1. The Labute approximate surface area is 143 Å². The van der Waals surface area contributed by atoms with Gasteiger partial charge in [-0.2, -0.15) is 4.91 Å². The zero-order chi connectivity index (χ0) is 17.7. The van der Waals surface area contributed by atoms with Crippen molar-refractivity contribution in [2.75, 3.05) is 20.2 Å². The summed E-state index contributed by atoms with van der Waals surface area (Å²) in [6.45, 7) is 0.506. The van der Waals surface area contributed by atoms with E-state index < -0.39 is 24.0 Å². The molecule has 1 aromatic carbocycles. The topological polar surface area (TPSA) is 96.3 Å². The van der Waals surface area contributed by atoms with Crippen LogP contribution in [-0.4, -0.2) is 48.2 Å². The number of nitroso groups, excluding NO2 is 1. The van der Waals surface area contributed by atoms with E-state index in [1.54, 1.807) is 29.2 Å². The van der Waals surface area contributed by atoms with Crippen molar-refractivity contribution in [1.29, 1.82) is 0 Å². The molecule has 0 aromatic heterocycles. The zero-order valence-corrected chi connectivity index (χ0v) is 13.8. The third-order valence-electron chi connectivity index (χ3n) is 3.93. The number of rotatable bonds is 5. The van der Waals surface area contributed by atoms with Gasteiger partial charge in [0.05, 0.1) is 7.11 Å². The Balaban J connectivity index is 2.37. The van der Waals surface area contributed by atoms with Crippen LogP contribution in [0.5, 0.6) is 0 Å². The molecule has 1 saturated heterocycles. The van der Waals surface area contributed by atoms with Crippen LogP contribution in [0.25, 0.3) is 0 Å². The first-order valence-corrected chi connectivity index (χ1v) is 7.68. The van der Waals surface area contributed by atoms with E-state index in [-0.39, 0.29) is 6.54 Å². The fourth-order valence-corrected chi connectivity index (χ4v) is 3.05. The highest BCUT2D eigenvalue weighted by Gasteiger charge is 2.35. The highest BCUT2D eigenvalue weighted by Crippen LogP contribution is 2.32. The van der Waals surface area contributed by atoms with E-state index in [9.17, 15) is 14.5 Å². The summed E-state index contributed by atoms with van der Waals surface area (Å²) >= 11 is 6.20. The van der Waals surface area contributed by atoms with Gasteiger partial charge >= 0.3 is 11.9 Å². The molecule has 1 N–H and O–H groups in total. The molecule has 128 valence electrons. The van der Waals surface area contributed by atoms with Crippen molar-refractivity contribution in [1.82, 2.24) is 4.90 Å². The molecule has 2 unspecified atom stereocenters. The number of carbonyl (C=O) groups excluding carboxylic acids is 1. The number of halogens is 1. The van der Waals surface area contributed by atoms with Crippen LogP contribution in [0.3, 0.4) is 0 Å². The molecular weight excluding hydrogens is 336 g/mol. The van der Waals surface area contributed by atoms with Gasteiger partial charge in [0.25, 0.3) is 0 Å². The van der Waals surface area contributed by atoms with Crippen LogP contribution in [0.15, 0.2) is 41.1 Å². The summed E-state index contributed by atoms with van der Waals surface area (Å²) in [6, 6.07) is 5.40. The Hall–Kier alpha value is -2.25. The monoisotopic (exact) mass is 352 g/mol. The number of methoxy groups -OCH3 is 1. The molecule has 0 amide bonds. The highest BCUT2D eigenvalue weighted by molar-refractivity contribution is 6.31. The van der Waals surface area contributed by atoms with Crippen LogP contribution in [-0.2, 0) is 14.3 Å². The molecule has 1 aliphatic rings. The summed E-state index contributed by atoms with van der Waals surface area (Å²) < 4.78 is 4.88. The van der Waals surface area contributed by atoms with Gasteiger partial charge < -0.3 is 9.84 Å². The van der Waals surface area contributed by atoms with E-state index in [2.05, 4.69) is 5.18 Å². The van der Waals surface area contributed by atoms with E-state index >= 15 is 0 Å². The van der Waals surface area contributed by atoms with Crippen molar-refractivity contribution >= 4 is 23.5 Å². The maximum absolute atomic E-state index is 12.3. The van der Waals surface area contributed by atoms with Gasteiger partial charge in [0.15, 0.2) is 0 Å². The van der Waals surface area contributed by atoms with Gasteiger partial charge in [0.2, 0.25) is 0 Å². The van der Waals surface area contributed by atoms with E-state index in [1.165, 1.54) is 7.11 Å². The minimum atomic E-state index is -1.16. The summed E-state index contributed by atoms with van der Waals surface area (Å²) in [5.74, 6) is -1.66. The lowest BCUT2D eigenvalue weighted by Gasteiger charge is -2.36. The fourth-order valence-electron chi connectivity index (χ4n) is 2.81. The number of likely N-dealkylation sites (tertiary alicyclic amines) is 1. The first-order valence-electron chi connectivity index (χ1n) is 7.30. The number of esters is 1. The van der Waals surface area contributed by atoms with Crippen LogP contribution in [0, 0.1) is 4.91 Å². The summed E-state index contributed by atoms with van der Waals surface area (Å²) in [6.07, 6.45) is 1.29. The van der Waals surface area contributed by atoms with Crippen molar-refractivity contribution in [2.45, 2.75) is 18.5 Å². The highest BCUT2D eigenvalue weighted by atomic mass is 35.5. The molecule has 0 spiro atoms. The van der Waals surface area contributed by atoms with Crippen molar-refractivity contribution in [3.63, 3.8) is 0 Å². The molecular formula is C16H17ClN2O5. The summed E-state index contributed by atoms with van der Waals surface area (Å²) in [5, 5.41) is 12.4. The van der Waals surface area contributed by atoms with Gasteiger partial charge in [-0.15, -0.1) is 0 Å². The number of hydrogen-bond acceptors (Lipinski definition) is 6. The fraction of sp³-hybridized carbons (Fsp3) is 0.375. The average molecular weight is 353 g/mol. The average Bonchev–Trinajstić information content (AvgIpc) is 2.56. The Kier molecular flexibility index (Phi) is 6.05. The molecule has 1 aliphatic heterocycles. The second kappa shape index (κ2) is 8.03. The summed E-state index contributed by atoms with van der Waals surface area (Å²) in [5.41, 5.74) is 0.919. The number of piperidine rings is 1. The predicted molar refractivity (Wildman–Crippen MR) is 87.7 cm³/mol. The number of aliphatic carboxylic acids is 1. The third-order valence-corrected chi connectivity index (χ3v) is 4.27. The smallest absolute Gasteiger partial charge is 0.328 e. The van der Waals surface area contributed by atoms with Crippen LogP contribution >= 0.6 is 11.6 Å². The van der Waals surface area contributed by atoms with Crippen molar-refractivity contribution in [3.8, 4) is 0 Å². The third kappa shape index (κ3) is 3.98. The van der Waals surface area contributed by atoms with E-state index in [1.807, 2.05) is 0 Å². The van der Waals surface area contributed by atoms with Crippen LogP contribution in [0.1, 0.15) is 18.0 Å². The summed E-state index contributed by atoms with van der Waals surface area (Å²) in [7, 11) is 1.28. The second-order valence-corrected chi connectivity index (χ2v) is 5.79. The van der Waals surface area contributed by atoms with E-state index in [4.69, 9.17) is 21.4 Å². The molecule has 0 aliphatic carbocycles. The maximum Gasteiger partial charge on any atom is 0.328 e. The quantitative estimate of drug-likeness (QED) is 0.496. The number of carboxylic acids is 1.